The van der Waals surface area contributed by atoms with E-state index in [1.165, 1.54) is 12.1 Å². The van der Waals surface area contributed by atoms with Crippen LogP contribution in [0.5, 0.6) is 0 Å². The Morgan fingerprint density at radius 2 is 1.71 bits per heavy atom. The first-order valence-electron chi connectivity index (χ1n) is 11.0. The Kier molecular flexibility index (Phi) is 9.26. The molecule has 0 aromatic heterocycles. The van der Waals surface area contributed by atoms with Crippen LogP contribution in [0.1, 0.15) is 27.1 Å². The summed E-state index contributed by atoms with van der Waals surface area (Å²) < 4.78 is 4.98. The number of hydrogen-bond acceptors (Lipinski definition) is 6. The minimum Gasteiger partial charge on any atom is -0.478 e. The van der Waals surface area contributed by atoms with Gasteiger partial charge in [0.1, 0.15) is 0 Å². The minimum absolute atomic E-state index is 0.0220. The minimum atomic E-state index is -1.07. The Morgan fingerprint density at radius 1 is 1.03 bits per heavy atom. The molecule has 34 heavy (non-hydrogen) atoms. The molecule has 2 aromatic rings. The zero-order chi connectivity index (χ0) is 24.5. The number of piperazine rings is 1. The Bertz CT molecular complexity index is 1010. The topological polar surface area (TPSA) is 111 Å². The standard InChI is InChI=1S/C24H29ClN4O5/c1-34-14-2-9-26-22(30)16-28-10-12-29(13-11-28)21-8-5-18(24(32)33)15-20(21)27-23(31)17-3-6-19(25)7-4-17/h3-8,15H,2,9-14,16H2,1H3,(H,26,30)(H,27,31)(H,32,33). The fourth-order valence-corrected chi connectivity index (χ4v) is 3.82. The number of carboxylic acids is 1. The number of carboxylic acid groups (broad SMARTS) is 1. The van der Waals surface area contributed by atoms with Crippen molar-refractivity contribution in [3.8, 4) is 0 Å². The number of nitrogens with one attached hydrogen (secondary N) is 2. The van der Waals surface area contributed by atoms with Gasteiger partial charge in [-0.05, 0) is 48.9 Å². The lowest BCUT2D eigenvalue weighted by molar-refractivity contribution is -0.122. The number of methoxy groups -OCH3 is 1. The molecule has 3 rings (SSSR count). The zero-order valence-corrected chi connectivity index (χ0v) is 19.8. The van der Waals surface area contributed by atoms with Gasteiger partial charge in [0, 0.05) is 57.0 Å². The number of benzene rings is 2. The average molecular weight is 489 g/mol. The molecule has 1 heterocycles. The van der Waals surface area contributed by atoms with E-state index in [0.717, 1.165) is 12.1 Å². The van der Waals surface area contributed by atoms with E-state index in [1.54, 1.807) is 37.4 Å². The second-order valence-corrected chi connectivity index (χ2v) is 8.39. The zero-order valence-electron chi connectivity index (χ0n) is 19.1. The predicted molar refractivity (Wildman–Crippen MR) is 131 cm³/mol. The van der Waals surface area contributed by atoms with Crippen molar-refractivity contribution in [1.29, 1.82) is 0 Å². The molecule has 0 radical (unpaired) electrons. The second-order valence-electron chi connectivity index (χ2n) is 7.96. The van der Waals surface area contributed by atoms with Gasteiger partial charge in [-0.25, -0.2) is 4.79 Å². The molecule has 0 spiro atoms. The summed E-state index contributed by atoms with van der Waals surface area (Å²) in [6, 6.07) is 11.2. The third kappa shape index (κ3) is 7.18. The summed E-state index contributed by atoms with van der Waals surface area (Å²) in [5.74, 6) is -1.45. The van der Waals surface area contributed by atoms with Crippen LogP contribution in [-0.2, 0) is 9.53 Å². The number of hydrogen-bond donors (Lipinski definition) is 3. The predicted octanol–water partition coefficient (Wildman–Crippen LogP) is 2.57. The SMILES string of the molecule is COCCCNC(=O)CN1CCN(c2ccc(C(=O)O)cc2NC(=O)c2ccc(Cl)cc2)CC1. The molecule has 0 aliphatic carbocycles. The van der Waals surface area contributed by atoms with Crippen molar-refractivity contribution in [1.82, 2.24) is 10.2 Å². The summed E-state index contributed by atoms with van der Waals surface area (Å²) in [6.45, 7) is 4.10. The van der Waals surface area contributed by atoms with Crippen LogP contribution in [0.4, 0.5) is 11.4 Å². The Balaban J connectivity index is 1.65. The average Bonchev–Trinajstić information content (AvgIpc) is 2.83. The Hall–Kier alpha value is -3.14. The monoisotopic (exact) mass is 488 g/mol. The fraction of sp³-hybridized carbons (Fsp3) is 0.375. The number of halogens is 1. The molecule has 0 saturated carbocycles. The quantitative estimate of drug-likeness (QED) is 0.441. The number of carbonyl (C=O) groups excluding carboxylic acids is 2. The largest absolute Gasteiger partial charge is 0.478 e. The first-order valence-corrected chi connectivity index (χ1v) is 11.4. The molecule has 1 fully saturated rings. The molecule has 1 aliphatic rings. The van der Waals surface area contributed by atoms with Gasteiger partial charge in [-0.15, -0.1) is 0 Å². The molecular formula is C24H29ClN4O5. The van der Waals surface area contributed by atoms with Gasteiger partial charge < -0.3 is 25.4 Å². The molecule has 9 nitrogen and oxygen atoms in total. The van der Waals surface area contributed by atoms with Gasteiger partial charge in [-0.2, -0.15) is 0 Å². The van der Waals surface area contributed by atoms with E-state index in [-0.39, 0.29) is 17.4 Å². The van der Waals surface area contributed by atoms with Crippen molar-refractivity contribution in [2.24, 2.45) is 0 Å². The van der Waals surface area contributed by atoms with E-state index in [0.29, 0.717) is 62.1 Å². The van der Waals surface area contributed by atoms with Crippen LogP contribution in [0, 0.1) is 0 Å². The highest BCUT2D eigenvalue weighted by Crippen LogP contribution is 2.29. The molecule has 0 bridgehead atoms. The van der Waals surface area contributed by atoms with Gasteiger partial charge in [-0.3, -0.25) is 14.5 Å². The Labute approximate surface area is 203 Å². The van der Waals surface area contributed by atoms with E-state index in [9.17, 15) is 19.5 Å². The molecule has 1 saturated heterocycles. The number of rotatable bonds is 10. The van der Waals surface area contributed by atoms with Gasteiger partial charge in [-0.1, -0.05) is 11.6 Å². The number of amides is 2. The molecule has 1 aliphatic heterocycles. The number of carbonyl (C=O) groups is 3. The molecule has 3 N–H and O–H groups in total. The number of aromatic carboxylic acids is 1. The lowest BCUT2D eigenvalue weighted by Gasteiger charge is -2.36. The summed E-state index contributed by atoms with van der Waals surface area (Å²) in [7, 11) is 1.63. The van der Waals surface area contributed by atoms with Crippen LogP contribution in [0.15, 0.2) is 42.5 Å². The molecule has 10 heteroatoms. The van der Waals surface area contributed by atoms with Crippen molar-refractivity contribution < 1.29 is 24.2 Å². The van der Waals surface area contributed by atoms with E-state index in [2.05, 4.69) is 20.4 Å². The summed E-state index contributed by atoms with van der Waals surface area (Å²) >= 11 is 5.90. The van der Waals surface area contributed by atoms with Crippen LogP contribution in [0.3, 0.4) is 0 Å². The number of ether oxygens (including phenoxy) is 1. The normalized spacial score (nSPS) is 14.0. The third-order valence-electron chi connectivity index (χ3n) is 5.53. The first-order chi connectivity index (χ1) is 16.4. The first kappa shape index (κ1) is 25.5. The van der Waals surface area contributed by atoms with Crippen LogP contribution < -0.4 is 15.5 Å². The molecule has 2 aromatic carbocycles. The maximum absolute atomic E-state index is 12.8. The third-order valence-corrected chi connectivity index (χ3v) is 5.78. The molecular weight excluding hydrogens is 460 g/mol. The van der Waals surface area contributed by atoms with Crippen LogP contribution >= 0.6 is 11.6 Å². The lowest BCUT2D eigenvalue weighted by atomic mass is 10.1. The molecule has 0 atom stereocenters. The van der Waals surface area contributed by atoms with Crippen molar-refractivity contribution in [2.75, 3.05) is 63.2 Å². The maximum atomic E-state index is 12.8. The highest BCUT2D eigenvalue weighted by molar-refractivity contribution is 6.30. The summed E-state index contributed by atoms with van der Waals surface area (Å²) in [5.41, 5.74) is 1.65. The van der Waals surface area contributed by atoms with Crippen LogP contribution in [0.2, 0.25) is 5.02 Å². The van der Waals surface area contributed by atoms with E-state index >= 15 is 0 Å². The van der Waals surface area contributed by atoms with Gasteiger partial charge in [0.15, 0.2) is 0 Å². The van der Waals surface area contributed by atoms with E-state index < -0.39 is 5.97 Å². The van der Waals surface area contributed by atoms with Crippen molar-refractivity contribution in [3.63, 3.8) is 0 Å². The highest BCUT2D eigenvalue weighted by atomic mass is 35.5. The molecule has 182 valence electrons. The van der Waals surface area contributed by atoms with Crippen molar-refractivity contribution in [3.05, 3.63) is 58.6 Å². The van der Waals surface area contributed by atoms with Gasteiger partial charge >= 0.3 is 5.97 Å². The summed E-state index contributed by atoms with van der Waals surface area (Å²) in [4.78, 5) is 40.5. The van der Waals surface area contributed by atoms with Crippen molar-refractivity contribution >= 4 is 40.8 Å². The van der Waals surface area contributed by atoms with Crippen LogP contribution in [-0.4, -0.2) is 80.8 Å². The Morgan fingerprint density at radius 3 is 2.35 bits per heavy atom. The van der Waals surface area contributed by atoms with E-state index in [4.69, 9.17) is 16.3 Å². The number of anilines is 2. The van der Waals surface area contributed by atoms with Gasteiger partial charge in [0.2, 0.25) is 5.91 Å². The van der Waals surface area contributed by atoms with Gasteiger partial charge in [0.25, 0.3) is 5.91 Å². The van der Waals surface area contributed by atoms with Crippen molar-refractivity contribution in [2.45, 2.75) is 6.42 Å². The number of nitrogens with zero attached hydrogens (tertiary/aromatic N) is 2. The molecule has 2 amide bonds. The fourth-order valence-electron chi connectivity index (χ4n) is 3.69. The highest BCUT2D eigenvalue weighted by Gasteiger charge is 2.22. The van der Waals surface area contributed by atoms with Gasteiger partial charge in [0.05, 0.1) is 23.5 Å². The maximum Gasteiger partial charge on any atom is 0.335 e. The smallest absolute Gasteiger partial charge is 0.335 e. The molecule has 0 unspecified atom stereocenters. The summed E-state index contributed by atoms with van der Waals surface area (Å²) in [6.07, 6.45) is 0.771. The lowest BCUT2D eigenvalue weighted by Crippen LogP contribution is -2.49. The summed E-state index contributed by atoms with van der Waals surface area (Å²) in [5, 5.41) is 15.7. The van der Waals surface area contributed by atoms with E-state index in [1.807, 2.05) is 0 Å². The van der Waals surface area contributed by atoms with Crippen LogP contribution in [0.25, 0.3) is 0 Å². The second kappa shape index (κ2) is 12.4.